The second-order valence-electron chi connectivity index (χ2n) is 7.65. The highest BCUT2D eigenvalue weighted by Gasteiger charge is 2.41. The van der Waals surface area contributed by atoms with Crippen LogP contribution in [0.25, 0.3) is 0 Å². The van der Waals surface area contributed by atoms with E-state index in [9.17, 15) is 0 Å². The Bertz CT molecular complexity index is 232. The van der Waals surface area contributed by atoms with E-state index >= 15 is 0 Å². The van der Waals surface area contributed by atoms with E-state index in [-0.39, 0.29) is 0 Å². The first kappa shape index (κ1) is 13.4. The van der Waals surface area contributed by atoms with Gasteiger partial charge in [0, 0.05) is 0 Å². The van der Waals surface area contributed by atoms with Gasteiger partial charge in [0.05, 0.1) is 0 Å². The number of hydrogen-bond acceptors (Lipinski definition) is 0. The molecule has 0 aliphatic heterocycles. The van der Waals surface area contributed by atoms with E-state index in [1.165, 1.54) is 51.4 Å². The van der Waals surface area contributed by atoms with Crippen molar-refractivity contribution < 1.29 is 0 Å². The van der Waals surface area contributed by atoms with Crippen LogP contribution in [0.3, 0.4) is 0 Å². The molecule has 2 saturated carbocycles. The molecule has 0 aromatic heterocycles. The summed E-state index contributed by atoms with van der Waals surface area (Å²) in [6.07, 6.45) is 11.9. The fraction of sp³-hybridized carbons (Fsp3) is 1.00. The molecule has 2 aliphatic rings. The Morgan fingerprint density at radius 2 is 1.35 bits per heavy atom. The van der Waals surface area contributed by atoms with E-state index in [1.54, 1.807) is 0 Å². The lowest BCUT2D eigenvalue weighted by Crippen LogP contribution is -2.39. The van der Waals surface area contributed by atoms with Crippen molar-refractivity contribution in [3.05, 3.63) is 0 Å². The number of hydrogen-bond donors (Lipinski definition) is 0. The smallest absolute Gasteiger partial charge is 0.0295 e. The summed E-state index contributed by atoms with van der Waals surface area (Å²) < 4.78 is 0. The summed E-state index contributed by atoms with van der Waals surface area (Å²) in [4.78, 5) is 0. The molecule has 0 saturated heterocycles. The molecule has 2 unspecified atom stereocenters. The molecule has 2 rings (SSSR count). The molecule has 2 atom stereocenters. The fourth-order valence-corrected chi connectivity index (χ4v) is 4.73. The fourth-order valence-electron chi connectivity index (χ4n) is 4.73. The van der Waals surface area contributed by atoms with Crippen molar-refractivity contribution in [2.24, 2.45) is 29.1 Å². The van der Waals surface area contributed by atoms with Gasteiger partial charge in [0.25, 0.3) is 0 Å². The maximum Gasteiger partial charge on any atom is -0.0295 e. The van der Waals surface area contributed by atoms with Gasteiger partial charge < -0.3 is 0 Å². The second kappa shape index (κ2) is 5.33. The number of rotatable bonds is 2. The van der Waals surface area contributed by atoms with Gasteiger partial charge in [-0.2, -0.15) is 0 Å². The van der Waals surface area contributed by atoms with Gasteiger partial charge in [-0.1, -0.05) is 59.8 Å². The lowest BCUT2D eigenvalue weighted by atomic mass is 9.57. The summed E-state index contributed by atoms with van der Waals surface area (Å²) in [6, 6.07) is 0. The van der Waals surface area contributed by atoms with Crippen LogP contribution in [-0.2, 0) is 0 Å². The summed E-state index contributed by atoms with van der Waals surface area (Å²) in [7, 11) is 0. The van der Waals surface area contributed by atoms with Gasteiger partial charge in [-0.3, -0.25) is 0 Å². The highest BCUT2D eigenvalue weighted by atomic mass is 14.5. The van der Waals surface area contributed by atoms with Crippen molar-refractivity contribution in [3.63, 3.8) is 0 Å². The van der Waals surface area contributed by atoms with Gasteiger partial charge in [-0.25, -0.2) is 0 Å². The third-order valence-corrected chi connectivity index (χ3v) is 6.14. The maximum atomic E-state index is 2.58. The first-order valence-electron chi connectivity index (χ1n) is 8.01. The summed E-state index contributed by atoms with van der Waals surface area (Å²) >= 11 is 0. The standard InChI is InChI=1S/C17H32/c1-13-9-11-15(12-10-13)17(3,4)16-8-6-5-7-14(16)2/h13-16H,5-12H2,1-4H3. The van der Waals surface area contributed by atoms with Crippen LogP contribution in [-0.4, -0.2) is 0 Å². The van der Waals surface area contributed by atoms with Gasteiger partial charge in [0.15, 0.2) is 0 Å². The molecule has 0 N–H and O–H groups in total. The van der Waals surface area contributed by atoms with Crippen LogP contribution in [0.2, 0.25) is 0 Å². The molecular formula is C17H32. The summed E-state index contributed by atoms with van der Waals surface area (Å²) in [5.74, 6) is 3.96. The average Bonchev–Trinajstić information content (AvgIpc) is 2.30. The van der Waals surface area contributed by atoms with Gasteiger partial charge in [0.2, 0.25) is 0 Å². The van der Waals surface area contributed by atoms with Crippen LogP contribution >= 0.6 is 0 Å². The highest BCUT2D eigenvalue weighted by molar-refractivity contribution is 4.91. The van der Waals surface area contributed by atoms with E-state index in [4.69, 9.17) is 0 Å². The van der Waals surface area contributed by atoms with Crippen molar-refractivity contribution in [3.8, 4) is 0 Å². The van der Waals surface area contributed by atoms with E-state index in [0.717, 1.165) is 23.7 Å². The van der Waals surface area contributed by atoms with Crippen LogP contribution in [0.4, 0.5) is 0 Å². The Kier molecular flexibility index (Phi) is 4.21. The summed E-state index contributed by atoms with van der Waals surface area (Å²) in [6.45, 7) is 10.1. The summed E-state index contributed by atoms with van der Waals surface area (Å²) in [5, 5.41) is 0. The lowest BCUT2D eigenvalue weighted by Gasteiger charge is -2.48. The van der Waals surface area contributed by atoms with Gasteiger partial charge in [0.1, 0.15) is 0 Å². The Morgan fingerprint density at radius 3 is 1.94 bits per heavy atom. The molecular weight excluding hydrogens is 204 g/mol. The third-order valence-electron chi connectivity index (χ3n) is 6.14. The minimum absolute atomic E-state index is 0.597. The molecule has 0 radical (unpaired) electrons. The predicted molar refractivity (Wildman–Crippen MR) is 76.0 cm³/mol. The van der Waals surface area contributed by atoms with E-state index in [1.807, 2.05) is 0 Å². The van der Waals surface area contributed by atoms with E-state index < -0.39 is 0 Å². The third kappa shape index (κ3) is 2.88. The Balaban J connectivity index is 2.01. The van der Waals surface area contributed by atoms with Crippen LogP contribution in [0.5, 0.6) is 0 Å². The molecule has 2 aliphatic carbocycles. The van der Waals surface area contributed by atoms with Crippen LogP contribution < -0.4 is 0 Å². The molecule has 0 heterocycles. The first-order chi connectivity index (χ1) is 8.01. The molecule has 100 valence electrons. The molecule has 2 fully saturated rings. The molecule has 0 amide bonds. The molecule has 17 heavy (non-hydrogen) atoms. The van der Waals surface area contributed by atoms with Gasteiger partial charge in [-0.05, 0) is 48.3 Å². The van der Waals surface area contributed by atoms with Crippen molar-refractivity contribution in [2.75, 3.05) is 0 Å². The Hall–Kier alpha value is 0. The molecule has 0 aromatic rings. The Labute approximate surface area is 109 Å². The zero-order chi connectivity index (χ0) is 12.5. The SMILES string of the molecule is CC1CCC(C(C)(C)C2CCCCC2C)CC1. The molecule has 0 heteroatoms. The average molecular weight is 236 g/mol. The largest absolute Gasteiger partial charge is 0.0625 e. The van der Waals surface area contributed by atoms with Crippen molar-refractivity contribution in [1.29, 1.82) is 0 Å². The van der Waals surface area contributed by atoms with E-state index in [0.29, 0.717) is 5.41 Å². The molecule has 0 spiro atoms. The minimum Gasteiger partial charge on any atom is -0.0625 e. The Morgan fingerprint density at radius 1 is 0.765 bits per heavy atom. The van der Waals surface area contributed by atoms with E-state index in [2.05, 4.69) is 27.7 Å². The van der Waals surface area contributed by atoms with Crippen molar-refractivity contribution in [2.45, 2.75) is 79.1 Å². The normalized spacial score (nSPS) is 40.2. The van der Waals surface area contributed by atoms with Crippen molar-refractivity contribution >= 4 is 0 Å². The maximum absolute atomic E-state index is 2.58. The first-order valence-corrected chi connectivity index (χ1v) is 8.01. The van der Waals surface area contributed by atoms with Crippen LogP contribution in [0, 0.1) is 29.1 Å². The van der Waals surface area contributed by atoms with Crippen LogP contribution in [0.1, 0.15) is 79.1 Å². The molecule has 0 aromatic carbocycles. The molecule has 0 nitrogen and oxygen atoms in total. The predicted octanol–water partition coefficient (Wildman–Crippen LogP) is 5.67. The zero-order valence-corrected chi connectivity index (χ0v) is 12.5. The second-order valence-corrected chi connectivity index (χ2v) is 7.65. The van der Waals surface area contributed by atoms with Gasteiger partial charge >= 0.3 is 0 Å². The van der Waals surface area contributed by atoms with Crippen LogP contribution in [0.15, 0.2) is 0 Å². The monoisotopic (exact) mass is 236 g/mol. The highest BCUT2D eigenvalue weighted by Crippen LogP contribution is 2.50. The summed E-state index contributed by atoms with van der Waals surface area (Å²) in [5.41, 5.74) is 0.597. The quantitative estimate of drug-likeness (QED) is 0.580. The topological polar surface area (TPSA) is 0 Å². The lowest BCUT2D eigenvalue weighted by molar-refractivity contribution is 0.0203. The molecule has 0 bridgehead atoms. The minimum atomic E-state index is 0.597. The van der Waals surface area contributed by atoms with Crippen molar-refractivity contribution in [1.82, 2.24) is 0 Å². The zero-order valence-electron chi connectivity index (χ0n) is 12.5. The van der Waals surface area contributed by atoms with Gasteiger partial charge in [-0.15, -0.1) is 0 Å².